The summed E-state index contributed by atoms with van der Waals surface area (Å²) in [5.74, 6) is -0.241. The molecule has 1 aliphatic heterocycles. The topological polar surface area (TPSA) is 108 Å². The van der Waals surface area contributed by atoms with E-state index < -0.39 is 0 Å². The highest BCUT2D eigenvalue weighted by atomic mass is 16.5. The summed E-state index contributed by atoms with van der Waals surface area (Å²) < 4.78 is 11.1. The Balaban J connectivity index is 1.78. The first-order chi connectivity index (χ1) is 16.7. The van der Waals surface area contributed by atoms with Gasteiger partial charge in [-0.15, -0.1) is 0 Å². The summed E-state index contributed by atoms with van der Waals surface area (Å²) in [6, 6.07) is 10.9. The molecule has 0 unspecified atom stereocenters. The highest BCUT2D eigenvalue weighted by molar-refractivity contribution is 6.02. The van der Waals surface area contributed by atoms with Gasteiger partial charge in [0, 0.05) is 37.8 Å². The molecule has 3 N–H and O–H groups in total. The molecule has 3 aromatic rings. The van der Waals surface area contributed by atoms with E-state index in [9.17, 15) is 15.0 Å². The second-order valence-corrected chi connectivity index (χ2v) is 9.82. The molecule has 0 saturated carbocycles. The van der Waals surface area contributed by atoms with Crippen molar-refractivity contribution < 1.29 is 24.3 Å². The number of ether oxygens (including phenoxy) is 1. The summed E-state index contributed by atoms with van der Waals surface area (Å²) >= 11 is 0. The van der Waals surface area contributed by atoms with Crippen molar-refractivity contribution in [3.8, 4) is 33.9 Å². The van der Waals surface area contributed by atoms with Gasteiger partial charge < -0.3 is 24.8 Å². The maximum Gasteiger partial charge on any atom is 0.274 e. The zero-order valence-electron chi connectivity index (χ0n) is 20.7. The lowest BCUT2D eigenvalue weighted by Gasteiger charge is -2.26. The van der Waals surface area contributed by atoms with Crippen molar-refractivity contribution >= 4 is 5.91 Å². The van der Waals surface area contributed by atoms with E-state index in [0.717, 1.165) is 44.0 Å². The van der Waals surface area contributed by atoms with E-state index in [2.05, 4.69) is 15.4 Å². The molecule has 1 aliphatic rings. The zero-order chi connectivity index (χ0) is 25.2. The van der Waals surface area contributed by atoms with Crippen LogP contribution in [0, 0.1) is 0 Å². The first kappa shape index (κ1) is 24.8. The van der Waals surface area contributed by atoms with Crippen molar-refractivity contribution in [2.45, 2.75) is 39.7 Å². The molecule has 1 fully saturated rings. The maximum atomic E-state index is 12.8. The van der Waals surface area contributed by atoms with Gasteiger partial charge in [-0.3, -0.25) is 9.69 Å². The van der Waals surface area contributed by atoms with Crippen LogP contribution in [0.3, 0.4) is 0 Å². The van der Waals surface area contributed by atoms with Crippen LogP contribution in [0.2, 0.25) is 0 Å². The monoisotopic (exact) mass is 479 g/mol. The molecule has 186 valence electrons. The van der Waals surface area contributed by atoms with Crippen molar-refractivity contribution in [1.82, 2.24) is 15.4 Å². The van der Waals surface area contributed by atoms with Gasteiger partial charge in [-0.1, -0.05) is 50.2 Å². The molecule has 1 amide bonds. The fourth-order valence-corrected chi connectivity index (χ4v) is 4.30. The van der Waals surface area contributed by atoms with Crippen molar-refractivity contribution in [3.63, 3.8) is 0 Å². The van der Waals surface area contributed by atoms with E-state index in [-0.39, 0.29) is 34.3 Å². The predicted octanol–water partition coefficient (Wildman–Crippen LogP) is 4.30. The van der Waals surface area contributed by atoms with E-state index in [1.54, 1.807) is 6.07 Å². The van der Waals surface area contributed by atoms with Crippen LogP contribution < -0.4 is 5.32 Å². The number of carbonyl (C=O) groups is 1. The highest BCUT2D eigenvalue weighted by Gasteiger charge is 2.28. The molecular weight excluding hydrogens is 446 g/mol. The SMILES string of the molecule is CCNC(=O)c1noc(-c2cc(C(C)(C)C)c(O)cc2O)c1-c1ccc(CN2CCOCC2)cc1. The molecule has 0 aliphatic carbocycles. The Labute approximate surface area is 205 Å². The smallest absolute Gasteiger partial charge is 0.274 e. The summed E-state index contributed by atoms with van der Waals surface area (Å²) in [6.45, 7) is 12.3. The zero-order valence-corrected chi connectivity index (χ0v) is 20.7. The van der Waals surface area contributed by atoms with Crippen molar-refractivity contribution in [3.05, 3.63) is 53.2 Å². The normalized spacial score (nSPS) is 14.7. The number of amides is 1. The van der Waals surface area contributed by atoms with E-state index >= 15 is 0 Å². The van der Waals surface area contributed by atoms with Gasteiger partial charge in [0.2, 0.25) is 0 Å². The van der Waals surface area contributed by atoms with Crippen LogP contribution in [0.15, 0.2) is 40.9 Å². The molecule has 1 aromatic heterocycles. The molecule has 2 heterocycles. The second-order valence-electron chi connectivity index (χ2n) is 9.82. The average molecular weight is 480 g/mol. The van der Waals surface area contributed by atoms with Gasteiger partial charge in [0.15, 0.2) is 11.5 Å². The average Bonchev–Trinajstić information content (AvgIpc) is 3.24. The van der Waals surface area contributed by atoms with Crippen LogP contribution in [0.25, 0.3) is 22.5 Å². The summed E-state index contributed by atoms with van der Waals surface area (Å²) in [5.41, 5.74) is 3.17. The first-order valence-corrected chi connectivity index (χ1v) is 11.9. The molecule has 35 heavy (non-hydrogen) atoms. The number of aromatic hydroxyl groups is 2. The Morgan fingerprint density at radius 1 is 1.09 bits per heavy atom. The molecule has 8 heteroatoms. The molecule has 0 bridgehead atoms. The number of morpholine rings is 1. The number of phenolic OH excluding ortho intramolecular Hbond substituents is 2. The van der Waals surface area contributed by atoms with Crippen molar-refractivity contribution in [2.75, 3.05) is 32.8 Å². The number of hydrogen-bond donors (Lipinski definition) is 3. The number of nitrogens with one attached hydrogen (secondary N) is 1. The summed E-state index contributed by atoms with van der Waals surface area (Å²) in [6.07, 6.45) is 0. The molecular formula is C27H33N3O5. The lowest BCUT2D eigenvalue weighted by molar-refractivity contribution is 0.0342. The summed E-state index contributed by atoms with van der Waals surface area (Å²) in [5, 5.41) is 28.0. The predicted molar refractivity (Wildman–Crippen MR) is 134 cm³/mol. The lowest BCUT2D eigenvalue weighted by Crippen LogP contribution is -2.35. The van der Waals surface area contributed by atoms with Crippen molar-refractivity contribution in [2.24, 2.45) is 0 Å². The fourth-order valence-electron chi connectivity index (χ4n) is 4.30. The number of phenols is 2. The van der Waals surface area contributed by atoms with E-state index in [0.29, 0.717) is 23.2 Å². The minimum absolute atomic E-state index is 0.00349. The van der Waals surface area contributed by atoms with Gasteiger partial charge in [-0.25, -0.2) is 0 Å². The molecule has 1 saturated heterocycles. The largest absolute Gasteiger partial charge is 0.508 e. The van der Waals surface area contributed by atoms with Crippen LogP contribution in [0.5, 0.6) is 11.5 Å². The summed E-state index contributed by atoms with van der Waals surface area (Å²) in [7, 11) is 0. The third-order valence-electron chi connectivity index (χ3n) is 6.16. The Bertz CT molecular complexity index is 1190. The molecule has 0 radical (unpaired) electrons. The molecule has 2 aromatic carbocycles. The maximum absolute atomic E-state index is 12.8. The van der Waals surface area contributed by atoms with Crippen LogP contribution in [0.4, 0.5) is 0 Å². The number of carbonyl (C=O) groups excluding carboxylic acids is 1. The van der Waals surface area contributed by atoms with Gasteiger partial charge in [0.05, 0.1) is 24.3 Å². The standard InChI is InChI=1S/C27H33N3O5/c1-5-28-26(33)24-23(18-8-6-17(7-9-18)16-30-10-12-34-13-11-30)25(35-29-24)19-14-20(27(2,3)4)22(32)15-21(19)31/h6-9,14-15,31-32H,5,10-13,16H2,1-4H3,(H,28,33). The third-order valence-corrected chi connectivity index (χ3v) is 6.16. The number of hydrogen-bond acceptors (Lipinski definition) is 7. The second kappa shape index (κ2) is 10.1. The molecule has 0 atom stereocenters. The molecule has 8 nitrogen and oxygen atoms in total. The quantitative estimate of drug-likeness (QED) is 0.484. The molecule has 4 rings (SSSR count). The van der Waals surface area contributed by atoms with Gasteiger partial charge in [-0.2, -0.15) is 0 Å². The van der Waals surface area contributed by atoms with Crippen LogP contribution in [-0.2, 0) is 16.7 Å². The van der Waals surface area contributed by atoms with E-state index in [4.69, 9.17) is 9.26 Å². The lowest BCUT2D eigenvalue weighted by atomic mass is 9.84. The van der Waals surface area contributed by atoms with Crippen LogP contribution in [0.1, 0.15) is 49.3 Å². The number of benzene rings is 2. The van der Waals surface area contributed by atoms with Crippen LogP contribution >= 0.6 is 0 Å². The minimum atomic E-state index is -0.379. The van der Waals surface area contributed by atoms with Gasteiger partial charge >= 0.3 is 0 Å². The Morgan fingerprint density at radius 3 is 2.40 bits per heavy atom. The molecule has 0 spiro atoms. The fraction of sp³-hybridized carbons (Fsp3) is 0.407. The third kappa shape index (κ3) is 5.33. The Morgan fingerprint density at radius 2 is 1.77 bits per heavy atom. The van der Waals surface area contributed by atoms with Gasteiger partial charge in [0.1, 0.15) is 11.5 Å². The first-order valence-electron chi connectivity index (χ1n) is 11.9. The summed E-state index contributed by atoms with van der Waals surface area (Å²) in [4.78, 5) is 15.2. The Hall–Kier alpha value is -3.36. The number of aromatic nitrogens is 1. The number of rotatable bonds is 6. The Kier molecular flexibility index (Phi) is 7.14. The van der Waals surface area contributed by atoms with Crippen molar-refractivity contribution in [1.29, 1.82) is 0 Å². The minimum Gasteiger partial charge on any atom is -0.508 e. The van der Waals surface area contributed by atoms with Gasteiger partial charge in [0.25, 0.3) is 5.91 Å². The van der Waals surface area contributed by atoms with E-state index in [1.165, 1.54) is 6.07 Å². The number of nitrogens with zero attached hydrogens (tertiary/aromatic N) is 2. The van der Waals surface area contributed by atoms with E-state index in [1.807, 2.05) is 52.0 Å². The van der Waals surface area contributed by atoms with Gasteiger partial charge in [-0.05, 0) is 29.5 Å². The highest BCUT2D eigenvalue weighted by Crippen LogP contribution is 2.44. The van der Waals surface area contributed by atoms with Crippen LogP contribution in [-0.4, -0.2) is 59.0 Å².